The zero-order valence-electron chi connectivity index (χ0n) is 17.3. The fourth-order valence-corrected chi connectivity index (χ4v) is 4.80. The maximum Gasteiger partial charge on any atom is 0.227 e. The van der Waals surface area contributed by atoms with Gasteiger partial charge in [0, 0.05) is 24.0 Å². The molecule has 162 valence electrons. The van der Waals surface area contributed by atoms with Crippen LogP contribution in [-0.4, -0.2) is 55.9 Å². The Kier molecular flexibility index (Phi) is 5.12. The quantitative estimate of drug-likeness (QED) is 0.557. The number of amides is 1. The number of fused-ring (bicyclic) bond motifs is 3. The summed E-state index contributed by atoms with van der Waals surface area (Å²) in [5.74, 6) is 0.985. The summed E-state index contributed by atoms with van der Waals surface area (Å²) in [5.41, 5.74) is 1.62. The lowest BCUT2D eigenvalue weighted by molar-refractivity contribution is -0.176. The minimum absolute atomic E-state index is 0.135. The first-order valence-corrected chi connectivity index (χ1v) is 10.8. The van der Waals surface area contributed by atoms with Crippen LogP contribution in [0.2, 0.25) is 0 Å². The molecule has 1 aliphatic heterocycles. The van der Waals surface area contributed by atoms with E-state index in [2.05, 4.69) is 25.9 Å². The number of H-pyrrole nitrogens is 1. The number of aromatic amines is 1. The summed E-state index contributed by atoms with van der Waals surface area (Å²) in [4.78, 5) is 25.1. The highest BCUT2D eigenvalue weighted by Crippen LogP contribution is 2.38. The van der Waals surface area contributed by atoms with Gasteiger partial charge in [0.2, 0.25) is 5.91 Å². The predicted molar refractivity (Wildman–Crippen MR) is 113 cm³/mol. The monoisotopic (exact) mass is 422 g/mol. The topological polar surface area (TPSA) is 129 Å². The van der Waals surface area contributed by atoms with E-state index in [0.717, 1.165) is 47.8 Å². The standard InChI is InChI=1S/C22H26N6O3/c23-7-5-14-1-3-15(4-2-14)28-18(9-19(29)26-11-22(30)12-31-13-22)27-17-10-25-21-16(20(17)28)6-8-24-21/h6,8,10,14-15,30H,1-5,9,11-13H2,(H,24,25)(H,26,29). The predicted octanol–water partition coefficient (Wildman–Crippen LogP) is 1.98. The van der Waals surface area contributed by atoms with Crippen molar-refractivity contribution in [3.05, 3.63) is 24.3 Å². The van der Waals surface area contributed by atoms with Crippen molar-refractivity contribution in [1.82, 2.24) is 24.8 Å². The molecule has 1 amide bonds. The van der Waals surface area contributed by atoms with Gasteiger partial charge in [0.05, 0.1) is 44.0 Å². The van der Waals surface area contributed by atoms with Gasteiger partial charge in [-0.1, -0.05) is 0 Å². The molecule has 4 heterocycles. The molecule has 0 spiro atoms. The molecule has 1 saturated heterocycles. The lowest BCUT2D eigenvalue weighted by Crippen LogP contribution is -2.57. The van der Waals surface area contributed by atoms with E-state index in [1.807, 2.05) is 12.3 Å². The minimum Gasteiger partial charge on any atom is -0.383 e. The summed E-state index contributed by atoms with van der Waals surface area (Å²) < 4.78 is 7.26. The molecule has 0 atom stereocenters. The molecular formula is C22H26N6O3. The van der Waals surface area contributed by atoms with Crippen molar-refractivity contribution in [1.29, 1.82) is 5.26 Å². The summed E-state index contributed by atoms with van der Waals surface area (Å²) in [5, 5.41) is 23.0. The number of nitrogens with zero attached hydrogens (tertiary/aromatic N) is 4. The Morgan fingerprint density at radius 3 is 2.90 bits per heavy atom. The smallest absolute Gasteiger partial charge is 0.227 e. The van der Waals surface area contributed by atoms with Crippen LogP contribution in [0, 0.1) is 17.2 Å². The molecule has 9 heteroatoms. The highest BCUT2D eigenvalue weighted by atomic mass is 16.5. The molecule has 2 aliphatic rings. The average Bonchev–Trinajstić information content (AvgIpc) is 3.35. The van der Waals surface area contributed by atoms with Gasteiger partial charge in [-0.05, 0) is 37.7 Å². The zero-order valence-corrected chi connectivity index (χ0v) is 17.3. The summed E-state index contributed by atoms with van der Waals surface area (Å²) in [6.07, 6.45) is 8.26. The maximum atomic E-state index is 12.7. The lowest BCUT2D eigenvalue weighted by atomic mass is 9.84. The Bertz CT molecular complexity index is 1150. The second kappa shape index (κ2) is 7.94. The summed E-state index contributed by atoms with van der Waals surface area (Å²) in [6.45, 7) is 0.665. The molecule has 3 N–H and O–H groups in total. The van der Waals surface area contributed by atoms with Gasteiger partial charge in [-0.25, -0.2) is 9.97 Å². The van der Waals surface area contributed by atoms with E-state index in [0.29, 0.717) is 18.2 Å². The van der Waals surface area contributed by atoms with Gasteiger partial charge in [-0.15, -0.1) is 0 Å². The van der Waals surface area contributed by atoms with Crippen molar-refractivity contribution < 1.29 is 14.6 Å². The Labute approximate surface area is 179 Å². The van der Waals surface area contributed by atoms with Crippen LogP contribution in [0.4, 0.5) is 0 Å². The third-order valence-corrected chi connectivity index (χ3v) is 6.54. The first-order valence-electron chi connectivity index (χ1n) is 10.8. The lowest BCUT2D eigenvalue weighted by Gasteiger charge is -2.36. The average molecular weight is 422 g/mol. The molecule has 1 aliphatic carbocycles. The molecule has 5 rings (SSSR count). The summed E-state index contributed by atoms with van der Waals surface area (Å²) in [7, 11) is 0. The highest BCUT2D eigenvalue weighted by molar-refractivity contribution is 6.01. The van der Waals surface area contributed by atoms with Crippen LogP contribution in [0.25, 0.3) is 22.1 Å². The van der Waals surface area contributed by atoms with Gasteiger partial charge in [-0.2, -0.15) is 5.26 Å². The van der Waals surface area contributed by atoms with Crippen molar-refractivity contribution in [3.63, 3.8) is 0 Å². The zero-order chi connectivity index (χ0) is 21.4. The van der Waals surface area contributed by atoms with E-state index in [4.69, 9.17) is 15.0 Å². The molecule has 2 fully saturated rings. The minimum atomic E-state index is -0.962. The Hall–Kier alpha value is -2.96. The van der Waals surface area contributed by atoms with Crippen LogP contribution in [0.5, 0.6) is 0 Å². The highest BCUT2D eigenvalue weighted by Gasteiger charge is 2.36. The number of hydrogen-bond donors (Lipinski definition) is 3. The molecule has 0 bridgehead atoms. The fraction of sp³-hybridized carbons (Fsp3) is 0.545. The van der Waals surface area contributed by atoms with Gasteiger partial charge in [0.1, 0.15) is 22.6 Å². The van der Waals surface area contributed by atoms with Crippen LogP contribution in [0.15, 0.2) is 18.5 Å². The number of imidazole rings is 1. The Balaban J connectivity index is 1.45. The number of carbonyl (C=O) groups is 1. The normalized spacial score (nSPS) is 22.8. The van der Waals surface area contributed by atoms with E-state index < -0.39 is 5.60 Å². The molecule has 1 saturated carbocycles. The summed E-state index contributed by atoms with van der Waals surface area (Å²) >= 11 is 0. The van der Waals surface area contributed by atoms with E-state index in [9.17, 15) is 9.90 Å². The number of rotatable bonds is 6. The number of aliphatic hydroxyl groups is 1. The van der Waals surface area contributed by atoms with Gasteiger partial charge in [0.15, 0.2) is 0 Å². The van der Waals surface area contributed by atoms with Crippen molar-refractivity contribution in [2.75, 3.05) is 19.8 Å². The van der Waals surface area contributed by atoms with Gasteiger partial charge < -0.3 is 24.7 Å². The molecular weight excluding hydrogens is 396 g/mol. The van der Waals surface area contributed by atoms with Crippen LogP contribution in [-0.2, 0) is 16.0 Å². The molecule has 0 aromatic carbocycles. The largest absolute Gasteiger partial charge is 0.383 e. The molecule has 0 unspecified atom stereocenters. The Morgan fingerprint density at radius 2 is 2.19 bits per heavy atom. The van der Waals surface area contributed by atoms with E-state index in [1.54, 1.807) is 6.20 Å². The van der Waals surface area contributed by atoms with E-state index >= 15 is 0 Å². The number of nitriles is 1. The second-order valence-electron chi connectivity index (χ2n) is 8.84. The SMILES string of the molecule is N#CCC1CCC(n2c(CC(=O)NCC3(O)COC3)nc3cnc4[nH]ccc4c32)CC1. The fourth-order valence-electron chi connectivity index (χ4n) is 4.80. The third-order valence-electron chi connectivity index (χ3n) is 6.54. The first-order chi connectivity index (χ1) is 15.1. The number of carbonyl (C=O) groups excluding carboxylic acids is 1. The van der Waals surface area contributed by atoms with Gasteiger partial charge in [-0.3, -0.25) is 4.79 Å². The molecule has 3 aromatic rings. The first kappa shape index (κ1) is 20.0. The van der Waals surface area contributed by atoms with Gasteiger partial charge in [0.25, 0.3) is 0 Å². The Morgan fingerprint density at radius 1 is 1.39 bits per heavy atom. The van der Waals surface area contributed by atoms with Crippen molar-refractivity contribution in [2.45, 2.75) is 50.2 Å². The number of pyridine rings is 1. The van der Waals surface area contributed by atoms with Crippen LogP contribution >= 0.6 is 0 Å². The number of nitrogens with one attached hydrogen (secondary N) is 2. The molecule has 3 aromatic heterocycles. The van der Waals surface area contributed by atoms with Crippen LogP contribution in [0.1, 0.15) is 44.0 Å². The van der Waals surface area contributed by atoms with E-state index in [-0.39, 0.29) is 38.1 Å². The van der Waals surface area contributed by atoms with Crippen LogP contribution in [0.3, 0.4) is 0 Å². The van der Waals surface area contributed by atoms with E-state index in [1.165, 1.54) is 0 Å². The number of ether oxygens (including phenoxy) is 1. The van der Waals surface area contributed by atoms with Crippen molar-refractivity contribution in [2.24, 2.45) is 5.92 Å². The molecule has 0 radical (unpaired) electrons. The van der Waals surface area contributed by atoms with Crippen LogP contribution < -0.4 is 5.32 Å². The molecule has 31 heavy (non-hydrogen) atoms. The van der Waals surface area contributed by atoms with Crippen molar-refractivity contribution in [3.8, 4) is 6.07 Å². The van der Waals surface area contributed by atoms with Gasteiger partial charge >= 0.3 is 0 Å². The third kappa shape index (κ3) is 3.77. The number of hydrogen-bond acceptors (Lipinski definition) is 6. The second-order valence-corrected chi connectivity index (χ2v) is 8.84. The maximum absolute atomic E-state index is 12.7. The summed E-state index contributed by atoms with van der Waals surface area (Å²) in [6, 6.07) is 4.53. The molecule has 9 nitrogen and oxygen atoms in total. The number of aromatic nitrogens is 4. The van der Waals surface area contributed by atoms with Crippen molar-refractivity contribution >= 4 is 28.0 Å².